The van der Waals surface area contributed by atoms with Crippen molar-refractivity contribution in [1.29, 1.82) is 0 Å². The van der Waals surface area contributed by atoms with Crippen molar-refractivity contribution in [1.82, 2.24) is 10.3 Å². The lowest BCUT2D eigenvalue weighted by Crippen LogP contribution is -2.42. The highest BCUT2D eigenvalue weighted by Gasteiger charge is 2.37. The largest absolute Gasteiger partial charge is 0.481 e. The molecule has 1 aliphatic rings. The number of anilines is 1. The third-order valence-corrected chi connectivity index (χ3v) is 7.88. The Hall–Kier alpha value is -2.94. The lowest BCUT2D eigenvalue weighted by Gasteiger charge is -2.31. The molecule has 3 aromatic rings. The van der Waals surface area contributed by atoms with Crippen molar-refractivity contribution >= 4 is 51.6 Å². The number of carbonyl (C=O) groups is 2. The number of halogens is 2. The van der Waals surface area contributed by atoms with Gasteiger partial charge in [0, 0.05) is 37.0 Å². The Morgan fingerprint density at radius 1 is 1.12 bits per heavy atom. The lowest BCUT2D eigenvalue weighted by molar-refractivity contribution is 0.0951. The van der Waals surface area contributed by atoms with Crippen LogP contribution in [0.25, 0.3) is 0 Å². The second-order valence-electron chi connectivity index (χ2n) is 7.70. The molecule has 10 heteroatoms. The average molecular weight is 518 g/mol. The third-order valence-electron chi connectivity index (χ3n) is 5.53. The van der Waals surface area contributed by atoms with Crippen molar-refractivity contribution in [2.45, 2.75) is 18.2 Å². The molecule has 1 N–H and O–H groups in total. The second kappa shape index (κ2) is 10.1. The fourth-order valence-electron chi connectivity index (χ4n) is 3.67. The summed E-state index contributed by atoms with van der Waals surface area (Å²) in [5.74, 6) is -0.131. The number of carbonyl (C=O) groups excluding carboxylic acids is 2. The van der Waals surface area contributed by atoms with E-state index in [4.69, 9.17) is 27.9 Å². The Balaban J connectivity index is 1.53. The van der Waals surface area contributed by atoms with Crippen LogP contribution in [-0.2, 0) is 24.0 Å². The Kier molecular flexibility index (Phi) is 7.21. The maximum Gasteiger partial charge on any atom is 0.251 e. The molecular formula is C24H21Cl2N3O4S. The van der Waals surface area contributed by atoms with Gasteiger partial charge in [0.2, 0.25) is 5.88 Å². The predicted octanol–water partition coefficient (Wildman–Crippen LogP) is 4.23. The predicted molar refractivity (Wildman–Crippen MR) is 133 cm³/mol. The van der Waals surface area contributed by atoms with Gasteiger partial charge in [0.25, 0.3) is 5.91 Å². The number of aromatic nitrogens is 1. The highest BCUT2D eigenvalue weighted by atomic mass is 35.5. The first-order chi connectivity index (χ1) is 16.3. The van der Waals surface area contributed by atoms with E-state index in [1.807, 2.05) is 0 Å². The molecule has 0 fully saturated rings. The molecule has 0 saturated heterocycles. The van der Waals surface area contributed by atoms with Crippen molar-refractivity contribution in [3.8, 4) is 5.88 Å². The fraction of sp³-hybridized carbons (Fsp3) is 0.208. The number of methoxy groups -OCH3 is 1. The van der Waals surface area contributed by atoms with E-state index in [9.17, 15) is 13.8 Å². The summed E-state index contributed by atoms with van der Waals surface area (Å²) in [5, 5.41) is 2.79. The number of Topliss-reactive ketones (excluding diaryl/α,β-unsaturated/α-hetero) is 1. The number of nitrogens with one attached hydrogen (secondary N) is 1. The quantitative estimate of drug-likeness (QED) is 0.528. The van der Waals surface area contributed by atoms with Gasteiger partial charge in [-0.2, -0.15) is 0 Å². The minimum absolute atomic E-state index is 0.229. The summed E-state index contributed by atoms with van der Waals surface area (Å²) >= 11 is 12.1. The van der Waals surface area contributed by atoms with Gasteiger partial charge < -0.3 is 10.1 Å². The van der Waals surface area contributed by atoms with E-state index in [2.05, 4.69) is 10.3 Å². The standard InChI is InChI=1S/C24H21Cl2N3O4S/c1-29-20-7-5-16(24(31)28-13-15-4-8-22(33-2)27-12-15)11-17(20)23(30)21(34(29)32)10-14-3-6-18(25)19(26)9-14/h3-9,11-12,21H,10,13H2,1-2H3,(H,28,31). The van der Waals surface area contributed by atoms with Gasteiger partial charge >= 0.3 is 0 Å². The number of hydrogen-bond donors (Lipinski definition) is 1. The smallest absolute Gasteiger partial charge is 0.251 e. The number of rotatable bonds is 6. The highest BCUT2D eigenvalue weighted by molar-refractivity contribution is 7.88. The number of fused-ring (bicyclic) bond motifs is 1. The number of benzene rings is 2. The molecule has 1 aromatic heterocycles. The van der Waals surface area contributed by atoms with Crippen LogP contribution in [0.3, 0.4) is 0 Å². The number of ketones is 1. The van der Waals surface area contributed by atoms with Gasteiger partial charge in [0.05, 0.1) is 22.8 Å². The summed E-state index contributed by atoms with van der Waals surface area (Å²) in [6.45, 7) is 0.269. The normalized spacial score (nSPS) is 17.3. The van der Waals surface area contributed by atoms with Crippen molar-refractivity contribution in [3.05, 3.63) is 87.0 Å². The molecule has 1 aliphatic heterocycles. The molecular weight excluding hydrogens is 497 g/mol. The van der Waals surface area contributed by atoms with Gasteiger partial charge in [-0.25, -0.2) is 9.19 Å². The monoisotopic (exact) mass is 517 g/mol. The van der Waals surface area contributed by atoms with E-state index in [0.717, 1.165) is 11.1 Å². The fourth-order valence-corrected chi connectivity index (χ4v) is 5.37. The SMILES string of the molecule is COc1ccc(CNC(=O)c2ccc3c(c2)C(=O)C(Cc2ccc(Cl)c(Cl)c2)S(=O)N3C)cn1. The van der Waals surface area contributed by atoms with Crippen LogP contribution < -0.4 is 14.4 Å². The highest BCUT2D eigenvalue weighted by Crippen LogP contribution is 2.33. The first-order valence-electron chi connectivity index (χ1n) is 10.3. The van der Waals surface area contributed by atoms with Crippen LogP contribution in [0.15, 0.2) is 54.7 Å². The Bertz CT molecular complexity index is 1280. The zero-order valence-corrected chi connectivity index (χ0v) is 20.7. The molecule has 0 saturated carbocycles. The molecule has 0 spiro atoms. The summed E-state index contributed by atoms with van der Waals surface area (Å²) < 4.78 is 19.6. The second-order valence-corrected chi connectivity index (χ2v) is 10.2. The molecule has 7 nitrogen and oxygen atoms in total. The van der Waals surface area contributed by atoms with E-state index in [1.165, 1.54) is 7.11 Å². The first-order valence-corrected chi connectivity index (χ1v) is 12.2. The molecule has 4 rings (SSSR count). The molecule has 0 radical (unpaired) electrons. The van der Waals surface area contributed by atoms with Crippen LogP contribution in [0.2, 0.25) is 10.0 Å². The van der Waals surface area contributed by atoms with Crippen LogP contribution in [0, 0.1) is 0 Å². The Labute approximate surface area is 209 Å². The van der Waals surface area contributed by atoms with Gasteiger partial charge in [0.15, 0.2) is 5.78 Å². The minimum Gasteiger partial charge on any atom is -0.481 e. The number of hydrogen-bond acceptors (Lipinski definition) is 5. The van der Waals surface area contributed by atoms with E-state index >= 15 is 0 Å². The Morgan fingerprint density at radius 3 is 2.56 bits per heavy atom. The molecule has 34 heavy (non-hydrogen) atoms. The van der Waals surface area contributed by atoms with Crippen LogP contribution in [0.5, 0.6) is 5.88 Å². The van der Waals surface area contributed by atoms with Crippen molar-refractivity contribution in [3.63, 3.8) is 0 Å². The zero-order chi connectivity index (χ0) is 24.4. The number of amides is 1. The third kappa shape index (κ3) is 4.94. The molecule has 1 amide bonds. The summed E-state index contributed by atoms with van der Waals surface area (Å²) in [6.07, 6.45) is 1.85. The molecule has 176 valence electrons. The maximum absolute atomic E-state index is 13.3. The van der Waals surface area contributed by atoms with Gasteiger partial charge in [-0.3, -0.25) is 13.9 Å². The minimum atomic E-state index is -1.59. The van der Waals surface area contributed by atoms with Gasteiger partial charge in [-0.15, -0.1) is 0 Å². The summed E-state index contributed by atoms with van der Waals surface area (Å²) in [5.41, 5.74) is 2.76. The summed E-state index contributed by atoms with van der Waals surface area (Å²) in [4.78, 5) is 30.2. The van der Waals surface area contributed by atoms with Crippen molar-refractivity contribution in [2.75, 3.05) is 18.5 Å². The van der Waals surface area contributed by atoms with Crippen LogP contribution in [0.4, 0.5) is 5.69 Å². The van der Waals surface area contributed by atoms with Gasteiger partial charge in [0.1, 0.15) is 16.2 Å². The summed E-state index contributed by atoms with van der Waals surface area (Å²) in [7, 11) is 1.61. The van der Waals surface area contributed by atoms with E-state index < -0.39 is 16.2 Å². The molecule has 2 unspecified atom stereocenters. The molecule has 2 heterocycles. The van der Waals surface area contributed by atoms with Crippen LogP contribution in [-0.4, -0.2) is 40.3 Å². The number of nitrogens with zero attached hydrogens (tertiary/aromatic N) is 2. The lowest BCUT2D eigenvalue weighted by atomic mass is 9.98. The molecule has 0 bridgehead atoms. The van der Waals surface area contributed by atoms with Crippen molar-refractivity contribution in [2.24, 2.45) is 0 Å². The van der Waals surface area contributed by atoms with Gasteiger partial charge in [-0.1, -0.05) is 35.3 Å². The van der Waals surface area contributed by atoms with Crippen LogP contribution in [0.1, 0.15) is 31.8 Å². The topological polar surface area (TPSA) is 88.6 Å². The Morgan fingerprint density at radius 2 is 1.88 bits per heavy atom. The van der Waals surface area contributed by atoms with E-state index in [-0.39, 0.29) is 24.7 Å². The molecule has 0 aliphatic carbocycles. The van der Waals surface area contributed by atoms with Gasteiger partial charge in [-0.05, 0) is 47.9 Å². The number of ether oxygens (including phenoxy) is 1. The zero-order valence-electron chi connectivity index (χ0n) is 18.4. The average Bonchev–Trinajstić information content (AvgIpc) is 2.85. The molecule has 2 atom stereocenters. The molecule has 2 aromatic carbocycles. The van der Waals surface area contributed by atoms with Crippen LogP contribution >= 0.6 is 23.2 Å². The maximum atomic E-state index is 13.3. The number of pyridine rings is 1. The van der Waals surface area contributed by atoms with E-state index in [0.29, 0.717) is 32.7 Å². The van der Waals surface area contributed by atoms with E-state index in [1.54, 1.807) is 66.1 Å². The summed E-state index contributed by atoms with van der Waals surface area (Å²) in [6, 6.07) is 13.4. The first kappa shape index (κ1) is 24.2. The van der Waals surface area contributed by atoms with Crippen molar-refractivity contribution < 1.29 is 18.5 Å².